The molecule has 60 valence electrons. The molecule has 0 saturated carbocycles. The van der Waals surface area contributed by atoms with Crippen molar-refractivity contribution in [2.75, 3.05) is 26.2 Å². The van der Waals surface area contributed by atoms with Crippen LogP contribution in [0.1, 0.15) is 14.8 Å². The lowest BCUT2D eigenvalue weighted by Gasteiger charge is -2.26. The fourth-order valence-electron chi connectivity index (χ4n) is 1.15. The maximum absolute atomic E-state index is 11.0. The van der Waals surface area contributed by atoms with Gasteiger partial charge < -0.3 is 10.2 Å². The molecule has 1 N–H and O–H groups in total. The molecule has 0 aromatic carbocycles. The van der Waals surface area contributed by atoms with Gasteiger partial charge in [-0.15, -0.1) is 0 Å². The molecule has 1 fully saturated rings. The maximum atomic E-state index is 11.0. The van der Waals surface area contributed by atoms with Gasteiger partial charge in [0, 0.05) is 21.1 Å². The molecule has 1 amide bonds. The Balaban J connectivity index is 0.000001000. The Hall–Kier alpha value is -0.570. The van der Waals surface area contributed by atoms with Gasteiger partial charge in [0.15, 0.2) is 0 Å². The molecule has 0 unspecified atom stereocenters. The second-order valence-electron chi connectivity index (χ2n) is 2.56. The zero-order valence-electron chi connectivity index (χ0n) is 6.39. The lowest BCUT2D eigenvalue weighted by atomic mass is 10.3. The summed E-state index contributed by atoms with van der Waals surface area (Å²) in [6, 6.07) is 0. The van der Waals surface area contributed by atoms with Crippen molar-refractivity contribution in [3.63, 3.8) is 0 Å². The number of hydrogen-bond acceptors (Lipinski definition) is 2. The average Bonchev–Trinajstić information content (AvgIpc) is 1.94. The van der Waals surface area contributed by atoms with Gasteiger partial charge in [-0.2, -0.15) is 0 Å². The molecular weight excluding hydrogens is 128 g/mol. The van der Waals surface area contributed by atoms with E-state index in [1.54, 1.807) is 0 Å². The van der Waals surface area contributed by atoms with Crippen molar-refractivity contribution in [2.24, 2.45) is 0 Å². The molecule has 0 bridgehead atoms. The van der Waals surface area contributed by atoms with Crippen LogP contribution in [0.25, 0.3) is 0 Å². The summed E-state index contributed by atoms with van der Waals surface area (Å²) in [4.78, 5) is 13.0. The highest BCUT2D eigenvalue weighted by molar-refractivity contribution is 5.78. The fourth-order valence-corrected chi connectivity index (χ4v) is 1.15. The zero-order valence-corrected chi connectivity index (χ0v) is 6.39. The number of amides is 1. The highest BCUT2D eigenvalue weighted by Crippen LogP contribution is 1.94. The third kappa shape index (κ3) is 1.70. The van der Waals surface area contributed by atoms with Crippen LogP contribution in [0, 0.1) is 0 Å². The van der Waals surface area contributed by atoms with Crippen LogP contribution in [0.2, 0.25) is 0 Å². The number of hydrogen-bond donors (Lipinski definition) is 1. The summed E-state index contributed by atoms with van der Waals surface area (Å²) < 4.78 is 0. The average molecular weight is 144 g/mol. The monoisotopic (exact) mass is 144 g/mol. The molecule has 1 heterocycles. The van der Waals surface area contributed by atoms with Crippen molar-refractivity contribution in [1.82, 2.24) is 10.2 Å². The fraction of sp³-hybridized carbons (Fsp3) is 0.857. The number of carbonyl (C=O) groups excluding carboxylic acids is 1. The number of piperazine rings is 1. The van der Waals surface area contributed by atoms with Gasteiger partial charge in [0.1, 0.15) is 0 Å². The lowest BCUT2D eigenvalue weighted by Crippen LogP contribution is -2.48. The minimum Gasteiger partial charge on any atom is -0.340 e. The topological polar surface area (TPSA) is 32.3 Å². The van der Waals surface area contributed by atoms with Gasteiger partial charge >= 0.3 is 0 Å². The molecule has 0 spiro atoms. The summed E-state index contributed by atoms with van der Waals surface area (Å²) >= 11 is 0. The molecule has 1 rings (SSSR count). The standard InChI is InChI=1S/C7H14N2O.H2/c1-2-4-9-5-3-8-6-7(9)10;/h8H,2-6H2,1H3;1H. The predicted octanol–water partition coefficient (Wildman–Crippen LogP) is 0.0742. The highest BCUT2D eigenvalue weighted by atomic mass is 16.2. The van der Waals surface area contributed by atoms with Gasteiger partial charge in [0.25, 0.3) is 0 Å². The Kier molecular flexibility index (Phi) is 2.68. The molecule has 0 aliphatic carbocycles. The van der Waals surface area contributed by atoms with Gasteiger partial charge in [-0.1, -0.05) is 6.92 Å². The number of carbonyl (C=O) groups is 1. The second-order valence-corrected chi connectivity index (χ2v) is 2.56. The maximum Gasteiger partial charge on any atom is 0.236 e. The lowest BCUT2D eigenvalue weighted by molar-refractivity contribution is -0.131. The third-order valence-corrected chi connectivity index (χ3v) is 1.68. The van der Waals surface area contributed by atoms with E-state index in [0.29, 0.717) is 6.54 Å². The molecule has 10 heavy (non-hydrogen) atoms. The van der Waals surface area contributed by atoms with Gasteiger partial charge in [-0.25, -0.2) is 0 Å². The van der Waals surface area contributed by atoms with Crippen LogP contribution < -0.4 is 5.32 Å². The summed E-state index contributed by atoms with van der Waals surface area (Å²) in [6.07, 6.45) is 1.06. The van der Waals surface area contributed by atoms with E-state index in [9.17, 15) is 4.79 Å². The minimum atomic E-state index is 0. The predicted molar refractivity (Wildman–Crippen MR) is 41.9 cm³/mol. The molecule has 1 aliphatic heterocycles. The molecule has 1 saturated heterocycles. The van der Waals surface area contributed by atoms with E-state index >= 15 is 0 Å². The van der Waals surface area contributed by atoms with Crippen molar-refractivity contribution < 1.29 is 6.22 Å². The molecule has 0 radical (unpaired) electrons. The van der Waals surface area contributed by atoms with Crippen molar-refractivity contribution in [2.45, 2.75) is 13.3 Å². The third-order valence-electron chi connectivity index (χ3n) is 1.68. The summed E-state index contributed by atoms with van der Waals surface area (Å²) in [5.74, 6) is 0.244. The number of nitrogens with one attached hydrogen (secondary N) is 1. The SMILES string of the molecule is CCCN1CCNCC1=O.[HH]. The van der Waals surface area contributed by atoms with Crippen molar-refractivity contribution >= 4 is 5.91 Å². The van der Waals surface area contributed by atoms with Gasteiger partial charge in [0.2, 0.25) is 5.91 Å². The Morgan fingerprint density at radius 2 is 2.60 bits per heavy atom. The van der Waals surface area contributed by atoms with Crippen molar-refractivity contribution in [1.29, 1.82) is 0 Å². The van der Waals surface area contributed by atoms with Crippen LogP contribution in [0.5, 0.6) is 0 Å². The van der Waals surface area contributed by atoms with Crippen LogP contribution in [0.3, 0.4) is 0 Å². The first-order valence-corrected chi connectivity index (χ1v) is 3.83. The van der Waals surface area contributed by atoms with Gasteiger partial charge in [-0.3, -0.25) is 4.79 Å². The first-order valence-electron chi connectivity index (χ1n) is 3.83. The van der Waals surface area contributed by atoms with Crippen molar-refractivity contribution in [3.8, 4) is 0 Å². The quantitative estimate of drug-likeness (QED) is 0.595. The molecule has 3 nitrogen and oxygen atoms in total. The van der Waals surface area contributed by atoms with Crippen LogP contribution in [-0.2, 0) is 4.79 Å². The molecule has 0 aromatic heterocycles. The van der Waals surface area contributed by atoms with E-state index < -0.39 is 0 Å². The second kappa shape index (κ2) is 3.56. The van der Waals surface area contributed by atoms with E-state index in [0.717, 1.165) is 26.1 Å². The number of nitrogens with zero attached hydrogens (tertiary/aromatic N) is 1. The van der Waals surface area contributed by atoms with Crippen LogP contribution in [0.4, 0.5) is 0 Å². The first kappa shape index (κ1) is 7.54. The van der Waals surface area contributed by atoms with Gasteiger partial charge in [0.05, 0.1) is 6.54 Å². The largest absolute Gasteiger partial charge is 0.340 e. The summed E-state index contributed by atoms with van der Waals surface area (Å²) in [5.41, 5.74) is 0. The van der Waals surface area contributed by atoms with Crippen LogP contribution >= 0.6 is 0 Å². The van der Waals surface area contributed by atoms with Crippen LogP contribution in [0.15, 0.2) is 0 Å². The Morgan fingerprint density at radius 1 is 1.80 bits per heavy atom. The highest BCUT2D eigenvalue weighted by Gasteiger charge is 2.15. The van der Waals surface area contributed by atoms with E-state index in [2.05, 4.69) is 12.2 Å². The van der Waals surface area contributed by atoms with Gasteiger partial charge in [-0.05, 0) is 6.42 Å². The normalized spacial score (nSPS) is 19.7. The number of rotatable bonds is 2. The van der Waals surface area contributed by atoms with Crippen molar-refractivity contribution in [3.05, 3.63) is 0 Å². The van der Waals surface area contributed by atoms with E-state index in [4.69, 9.17) is 0 Å². The van der Waals surface area contributed by atoms with E-state index in [-0.39, 0.29) is 7.33 Å². The summed E-state index contributed by atoms with van der Waals surface area (Å²) in [7, 11) is 0. The molecule has 0 atom stereocenters. The first-order chi connectivity index (χ1) is 4.84. The molecule has 1 aliphatic rings. The minimum absolute atomic E-state index is 0. The summed E-state index contributed by atoms with van der Waals surface area (Å²) in [5, 5.41) is 3.03. The Bertz CT molecular complexity index is 128. The Morgan fingerprint density at radius 3 is 3.20 bits per heavy atom. The van der Waals surface area contributed by atoms with Crippen LogP contribution in [-0.4, -0.2) is 37.0 Å². The molecule has 0 aromatic rings. The summed E-state index contributed by atoms with van der Waals surface area (Å²) in [6.45, 7) is 5.37. The van der Waals surface area contributed by atoms with E-state index in [1.165, 1.54) is 0 Å². The Labute approximate surface area is 62.9 Å². The zero-order chi connectivity index (χ0) is 7.40. The smallest absolute Gasteiger partial charge is 0.236 e. The van der Waals surface area contributed by atoms with E-state index in [1.807, 2.05) is 4.90 Å². The molecular formula is C7H16N2O. The molecule has 3 heteroatoms.